The molecule has 0 radical (unpaired) electrons. The maximum Gasteiger partial charge on any atom is 0.302 e. The third kappa shape index (κ3) is 4.17. The van der Waals surface area contributed by atoms with Gasteiger partial charge in [-0.3, -0.25) is 9.59 Å². The number of carbonyl (C=O) groups is 2. The first-order chi connectivity index (χ1) is 20.7. The number of likely N-dealkylation sites (N-methyl/N-ethyl adjacent to an activating group) is 1. The lowest BCUT2D eigenvalue weighted by atomic mass is 9.32. The van der Waals surface area contributed by atoms with Crippen molar-refractivity contribution in [3.05, 3.63) is 0 Å². The second-order valence-corrected chi connectivity index (χ2v) is 18.8. The average Bonchev–Trinajstić information content (AvgIpc) is 3.59. The molecule has 44 heavy (non-hydrogen) atoms. The summed E-state index contributed by atoms with van der Waals surface area (Å²) >= 11 is 0. The largest absolute Gasteiger partial charge is 0.462 e. The standard InChI is InChI=1S/C39H64N2O3/c1-9-40-22-24-41(25-23-40)33(43)39-17-12-27(35(5)18-19-35)32(39)28-10-11-30-36(6)15-14-31(44-26(2)42)34(3,4)29(36)13-16-38(30,8)37(28,7)20-21-39/h27-32H,9-25H2,1-8H3/t27-,28-,29+,30-,31+,32-,36+,37-,38-,39+/m1/s1. The Hall–Kier alpha value is -1.10. The molecular formula is C39H64N2O3. The summed E-state index contributed by atoms with van der Waals surface area (Å²) in [7, 11) is 0. The highest BCUT2D eigenvalue weighted by atomic mass is 16.5. The first kappa shape index (κ1) is 31.5. The fourth-order valence-electron chi connectivity index (χ4n) is 14.3. The highest BCUT2D eigenvalue weighted by Crippen LogP contribution is 2.79. The van der Waals surface area contributed by atoms with Crippen molar-refractivity contribution < 1.29 is 14.3 Å². The lowest BCUT2D eigenvalue weighted by Gasteiger charge is -2.73. The minimum absolute atomic E-state index is 0.00476. The van der Waals surface area contributed by atoms with Crippen LogP contribution in [0.25, 0.3) is 0 Å². The summed E-state index contributed by atoms with van der Waals surface area (Å²) in [4.78, 5) is 31.8. The van der Waals surface area contributed by atoms with Crippen molar-refractivity contribution in [3.63, 3.8) is 0 Å². The number of piperazine rings is 1. The number of hydrogen-bond acceptors (Lipinski definition) is 4. The van der Waals surface area contributed by atoms with Crippen LogP contribution < -0.4 is 0 Å². The van der Waals surface area contributed by atoms with E-state index in [4.69, 9.17) is 4.74 Å². The summed E-state index contributed by atoms with van der Waals surface area (Å²) in [6.07, 6.45) is 14.9. The number of fused-ring (bicyclic) bond motifs is 7. The summed E-state index contributed by atoms with van der Waals surface area (Å²) in [5.74, 6) is 3.66. The van der Waals surface area contributed by atoms with Crippen molar-refractivity contribution >= 4 is 11.9 Å². The molecular weight excluding hydrogens is 544 g/mol. The van der Waals surface area contributed by atoms with Gasteiger partial charge in [0.2, 0.25) is 5.91 Å². The summed E-state index contributed by atoms with van der Waals surface area (Å²) in [6, 6.07) is 0. The highest BCUT2D eigenvalue weighted by Gasteiger charge is 2.73. The van der Waals surface area contributed by atoms with Gasteiger partial charge in [0.05, 0.1) is 5.41 Å². The molecule has 6 saturated carbocycles. The van der Waals surface area contributed by atoms with Gasteiger partial charge in [-0.15, -0.1) is 0 Å². The van der Waals surface area contributed by atoms with Gasteiger partial charge in [-0.05, 0) is 135 Å². The molecule has 6 aliphatic carbocycles. The molecule has 5 heteroatoms. The topological polar surface area (TPSA) is 49.9 Å². The predicted octanol–water partition coefficient (Wildman–Crippen LogP) is 7.96. The van der Waals surface area contributed by atoms with Gasteiger partial charge in [-0.25, -0.2) is 0 Å². The first-order valence-corrected chi connectivity index (χ1v) is 18.9. The van der Waals surface area contributed by atoms with E-state index in [0.717, 1.165) is 57.9 Å². The number of amides is 1. The zero-order valence-corrected chi connectivity index (χ0v) is 29.6. The summed E-state index contributed by atoms with van der Waals surface area (Å²) < 4.78 is 5.98. The summed E-state index contributed by atoms with van der Waals surface area (Å²) in [6.45, 7) is 24.3. The molecule has 0 spiro atoms. The van der Waals surface area contributed by atoms with Crippen LogP contribution in [0.2, 0.25) is 0 Å². The first-order valence-electron chi connectivity index (χ1n) is 18.9. The average molecular weight is 609 g/mol. The second kappa shape index (κ2) is 10.2. The van der Waals surface area contributed by atoms with Crippen LogP contribution in [0.15, 0.2) is 0 Å². The molecule has 5 nitrogen and oxygen atoms in total. The van der Waals surface area contributed by atoms with Gasteiger partial charge in [-0.1, -0.05) is 48.5 Å². The Morgan fingerprint density at radius 2 is 1.41 bits per heavy atom. The van der Waals surface area contributed by atoms with E-state index in [1.165, 1.54) is 57.8 Å². The molecule has 1 saturated heterocycles. The van der Waals surface area contributed by atoms with Gasteiger partial charge >= 0.3 is 5.97 Å². The molecule has 0 aromatic carbocycles. The maximum absolute atomic E-state index is 14.9. The Kier molecular flexibility index (Phi) is 7.30. The normalized spacial score (nSPS) is 49.2. The third-order valence-corrected chi connectivity index (χ3v) is 17.1. The molecule has 7 fully saturated rings. The van der Waals surface area contributed by atoms with E-state index >= 15 is 0 Å². The Bertz CT molecular complexity index is 1170. The van der Waals surface area contributed by atoms with Gasteiger partial charge in [0.25, 0.3) is 0 Å². The zero-order chi connectivity index (χ0) is 31.5. The van der Waals surface area contributed by atoms with Gasteiger partial charge in [0, 0.05) is 38.5 Å². The van der Waals surface area contributed by atoms with Crippen molar-refractivity contribution in [1.29, 1.82) is 0 Å². The number of carbonyl (C=O) groups excluding carboxylic acids is 2. The van der Waals surface area contributed by atoms with E-state index in [1.807, 2.05) is 0 Å². The Balaban J connectivity index is 1.22. The molecule has 0 aromatic rings. The van der Waals surface area contributed by atoms with Gasteiger partial charge in [-0.2, -0.15) is 0 Å². The van der Waals surface area contributed by atoms with Crippen LogP contribution in [-0.2, 0) is 14.3 Å². The zero-order valence-electron chi connectivity index (χ0n) is 29.6. The number of hydrogen-bond donors (Lipinski definition) is 0. The molecule has 0 aromatic heterocycles. The fourth-order valence-corrected chi connectivity index (χ4v) is 14.3. The van der Waals surface area contributed by atoms with Gasteiger partial charge in [0.15, 0.2) is 0 Å². The molecule has 1 amide bonds. The van der Waals surface area contributed by atoms with Crippen molar-refractivity contribution in [1.82, 2.24) is 9.80 Å². The molecule has 0 unspecified atom stereocenters. The van der Waals surface area contributed by atoms with E-state index in [2.05, 4.69) is 58.3 Å². The fraction of sp³-hybridized carbons (Fsp3) is 0.949. The van der Waals surface area contributed by atoms with Gasteiger partial charge < -0.3 is 14.5 Å². The van der Waals surface area contributed by atoms with Crippen molar-refractivity contribution in [3.8, 4) is 0 Å². The molecule has 0 bridgehead atoms. The van der Waals surface area contributed by atoms with Gasteiger partial charge in [0.1, 0.15) is 6.10 Å². The van der Waals surface area contributed by atoms with E-state index in [0.29, 0.717) is 40.4 Å². The summed E-state index contributed by atoms with van der Waals surface area (Å²) in [5, 5.41) is 0. The predicted molar refractivity (Wildman–Crippen MR) is 176 cm³/mol. The monoisotopic (exact) mass is 608 g/mol. The van der Waals surface area contributed by atoms with Crippen molar-refractivity contribution in [2.45, 2.75) is 139 Å². The van der Waals surface area contributed by atoms with E-state index < -0.39 is 0 Å². The highest BCUT2D eigenvalue weighted by molar-refractivity contribution is 5.84. The maximum atomic E-state index is 14.9. The van der Waals surface area contributed by atoms with E-state index in [9.17, 15) is 9.59 Å². The minimum atomic E-state index is -0.122. The van der Waals surface area contributed by atoms with Crippen LogP contribution >= 0.6 is 0 Å². The Morgan fingerprint density at radius 1 is 0.705 bits per heavy atom. The van der Waals surface area contributed by atoms with Crippen LogP contribution in [0.5, 0.6) is 0 Å². The lowest BCUT2D eigenvalue weighted by molar-refractivity contribution is -0.251. The van der Waals surface area contributed by atoms with Crippen LogP contribution in [0.1, 0.15) is 132 Å². The van der Waals surface area contributed by atoms with E-state index in [1.54, 1.807) is 6.92 Å². The van der Waals surface area contributed by atoms with Crippen LogP contribution in [0.4, 0.5) is 0 Å². The molecule has 1 aliphatic heterocycles. The number of ether oxygens (including phenoxy) is 1. The molecule has 0 N–H and O–H groups in total. The number of rotatable bonds is 4. The van der Waals surface area contributed by atoms with Crippen LogP contribution in [0, 0.1) is 62.1 Å². The minimum Gasteiger partial charge on any atom is -0.462 e. The summed E-state index contributed by atoms with van der Waals surface area (Å²) in [5.41, 5.74) is 1.21. The SMILES string of the molecule is CCN1CCN(C(=O)[C@]23CC[C@@H](C4(C)CC4)[C@@H]2[C@H]2CC[C@@H]4[C@@]5(C)CC[C@H](OC(C)=O)C(C)(C)[C@@H]5CC[C@@]4(C)[C@]2(C)CC3)CC1. The van der Waals surface area contributed by atoms with Crippen LogP contribution in [-0.4, -0.2) is 60.5 Å². The third-order valence-electron chi connectivity index (χ3n) is 17.1. The second-order valence-electron chi connectivity index (χ2n) is 18.8. The molecule has 248 valence electrons. The lowest BCUT2D eigenvalue weighted by Crippen LogP contribution is -2.68. The van der Waals surface area contributed by atoms with Crippen molar-refractivity contribution in [2.24, 2.45) is 62.1 Å². The molecule has 1 heterocycles. The smallest absolute Gasteiger partial charge is 0.302 e. The Labute approximate surface area is 269 Å². The number of nitrogens with zero attached hydrogens (tertiary/aromatic N) is 2. The van der Waals surface area contributed by atoms with Crippen molar-refractivity contribution in [2.75, 3.05) is 32.7 Å². The molecule has 10 atom stereocenters. The molecule has 7 aliphatic rings. The molecule has 7 rings (SSSR count). The Morgan fingerprint density at radius 3 is 2.05 bits per heavy atom. The number of esters is 1. The van der Waals surface area contributed by atoms with Crippen LogP contribution in [0.3, 0.4) is 0 Å². The quantitative estimate of drug-likeness (QED) is 0.304. The van der Waals surface area contributed by atoms with E-state index in [-0.39, 0.29) is 33.7 Å².